The lowest BCUT2D eigenvalue weighted by Crippen LogP contribution is -2.29. The van der Waals surface area contributed by atoms with Crippen LogP contribution in [-0.2, 0) is 16.1 Å². The molecule has 1 aliphatic rings. The van der Waals surface area contributed by atoms with Crippen molar-refractivity contribution < 1.29 is 9.53 Å². The molecule has 1 amide bonds. The summed E-state index contributed by atoms with van der Waals surface area (Å²) >= 11 is 5.93. The Labute approximate surface area is 234 Å². The van der Waals surface area contributed by atoms with E-state index in [-0.39, 0.29) is 24.6 Å². The van der Waals surface area contributed by atoms with Gasteiger partial charge in [-0.25, -0.2) is 0 Å². The van der Waals surface area contributed by atoms with E-state index in [1.165, 1.54) is 18.4 Å². The molecule has 2 atom stereocenters. The van der Waals surface area contributed by atoms with Crippen molar-refractivity contribution in [2.75, 3.05) is 23.9 Å². The fourth-order valence-electron chi connectivity index (χ4n) is 5.25. The molecule has 200 valence electrons. The van der Waals surface area contributed by atoms with Gasteiger partial charge in [-0.15, -0.1) is 0 Å². The maximum absolute atomic E-state index is 12.1. The molecule has 1 fully saturated rings. The van der Waals surface area contributed by atoms with E-state index in [0.717, 1.165) is 40.4 Å². The molecule has 0 radical (unpaired) electrons. The topological polar surface area (TPSA) is 84.3 Å². The number of thiocarbonyl (C=S) groups is 1. The monoisotopic (exact) mass is 540 g/mol. The summed E-state index contributed by atoms with van der Waals surface area (Å²) in [6.45, 7) is 7.01. The third-order valence-electron chi connectivity index (χ3n) is 7.13. The smallest absolute Gasteiger partial charge is 0.250 e. The normalized spacial score (nSPS) is 16.8. The molecule has 0 saturated carbocycles. The molecule has 2 N–H and O–H groups in total. The van der Waals surface area contributed by atoms with Crippen molar-refractivity contribution in [2.24, 2.45) is 0 Å². The Hall–Kier alpha value is -4.08. The number of hydrogen-bond acceptors (Lipinski definition) is 5. The summed E-state index contributed by atoms with van der Waals surface area (Å²) in [7, 11) is 1.50. The molecular weight excluding hydrogens is 508 g/mol. The van der Waals surface area contributed by atoms with Crippen molar-refractivity contribution in [3.63, 3.8) is 0 Å². The van der Waals surface area contributed by atoms with Gasteiger partial charge in [0.15, 0.2) is 5.11 Å². The largest absolute Gasteiger partial charge is 0.375 e. The van der Waals surface area contributed by atoms with Gasteiger partial charge in [-0.1, -0.05) is 12.1 Å². The molecule has 1 aromatic carbocycles. The van der Waals surface area contributed by atoms with Gasteiger partial charge in [0, 0.05) is 55.0 Å². The number of rotatable bonds is 8. The van der Waals surface area contributed by atoms with Gasteiger partial charge in [0.2, 0.25) is 5.91 Å². The van der Waals surface area contributed by atoms with Crippen LogP contribution in [0, 0.1) is 20.8 Å². The van der Waals surface area contributed by atoms with Crippen LogP contribution >= 0.6 is 12.2 Å². The summed E-state index contributed by atoms with van der Waals surface area (Å²) in [6, 6.07) is 17.9. The summed E-state index contributed by atoms with van der Waals surface area (Å²) in [5, 5.41) is 7.08. The lowest BCUT2D eigenvalue weighted by Gasteiger charge is -2.29. The number of anilines is 2. The second-order valence-electron chi connectivity index (χ2n) is 9.75. The first-order valence-corrected chi connectivity index (χ1v) is 13.2. The number of nitrogens with one attached hydrogen (secondary N) is 2. The number of pyridine rings is 2. The number of benzene rings is 1. The van der Waals surface area contributed by atoms with E-state index in [1.807, 2.05) is 55.7 Å². The molecule has 0 aliphatic carbocycles. The van der Waals surface area contributed by atoms with Crippen LogP contribution in [0.1, 0.15) is 45.9 Å². The Morgan fingerprint density at radius 3 is 2.64 bits per heavy atom. The summed E-state index contributed by atoms with van der Waals surface area (Å²) in [5.74, 6) is -0.194. The van der Waals surface area contributed by atoms with Gasteiger partial charge in [0.25, 0.3) is 0 Å². The molecule has 8 nitrogen and oxygen atoms in total. The van der Waals surface area contributed by atoms with Crippen molar-refractivity contribution in [1.82, 2.24) is 19.9 Å². The number of hydrogen-bond donors (Lipinski definition) is 2. The Balaban J connectivity index is 1.56. The summed E-state index contributed by atoms with van der Waals surface area (Å²) < 4.78 is 7.28. The summed E-state index contributed by atoms with van der Waals surface area (Å²) in [4.78, 5) is 23.2. The Bertz CT molecular complexity index is 1490. The van der Waals surface area contributed by atoms with Crippen LogP contribution in [-0.4, -0.2) is 39.3 Å². The number of methoxy groups -OCH3 is 1. The Morgan fingerprint density at radius 2 is 1.95 bits per heavy atom. The third-order valence-corrected chi connectivity index (χ3v) is 7.45. The van der Waals surface area contributed by atoms with Crippen molar-refractivity contribution in [1.29, 1.82) is 0 Å². The lowest BCUT2D eigenvalue weighted by molar-refractivity contribution is -0.119. The minimum absolute atomic E-state index is 0.00378. The van der Waals surface area contributed by atoms with Crippen LogP contribution in [0.2, 0.25) is 0 Å². The highest BCUT2D eigenvalue weighted by atomic mass is 32.1. The Morgan fingerprint density at radius 1 is 1.10 bits per heavy atom. The van der Waals surface area contributed by atoms with Crippen LogP contribution in [0.3, 0.4) is 0 Å². The van der Waals surface area contributed by atoms with Gasteiger partial charge in [-0.2, -0.15) is 0 Å². The number of amides is 1. The van der Waals surface area contributed by atoms with Crippen LogP contribution < -0.4 is 15.5 Å². The average molecular weight is 541 g/mol. The maximum Gasteiger partial charge on any atom is 0.250 e. The second kappa shape index (κ2) is 11.3. The number of aromatic nitrogens is 3. The molecule has 3 aromatic heterocycles. The summed E-state index contributed by atoms with van der Waals surface area (Å²) in [5.41, 5.74) is 8.18. The predicted octanol–water partition coefficient (Wildman–Crippen LogP) is 5.01. The van der Waals surface area contributed by atoms with Gasteiger partial charge in [-0.05, 0) is 92.1 Å². The fraction of sp³-hybridized carbons (Fsp3) is 0.267. The van der Waals surface area contributed by atoms with E-state index in [2.05, 4.69) is 62.1 Å². The van der Waals surface area contributed by atoms with E-state index in [9.17, 15) is 4.79 Å². The van der Waals surface area contributed by atoms with Crippen LogP contribution in [0.5, 0.6) is 0 Å². The molecule has 4 aromatic rings. The van der Waals surface area contributed by atoms with E-state index in [0.29, 0.717) is 5.11 Å². The molecule has 0 bridgehead atoms. The van der Waals surface area contributed by atoms with Crippen molar-refractivity contribution in [2.45, 2.75) is 39.4 Å². The highest BCUT2D eigenvalue weighted by Gasteiger charge is 2.42. The first-order chi connectivity index (χ1) is 18.9. The quantitative estimate of drug-likeness (QED) is 0.304. The zero-order valence-electron chi connectivity index (χ0n) is 22.5. The van der Waals surface area contributed by atoms with E-state index in [4.69, 9.17) is 17.0 Å². The number of aryl methyl sites for hydroxylation is 2. The van der Waals surface area contributed by atoms with Gasteiger partial charge < -0.3 is 24.8 Å². The standard InChI is InChI=1S/C30H32N6O2S/c1-19-14-23(10-11-25(19)33-27(37)18-38-4)36-29(28(34-30(36)39)26-9-5-6-13-32-26)24-15-20(2)35(21(24)3)17-22-8-7-12-31-16-22/h5-16,28-29H,17-18H2,1-4H3,(H,33,37)(H,34,39). The van der Waals surface area contributed by atoms with Gasteiger partial charge in [-0.3, -0.25) is 14.8 Å². The first-order valence-electron chi connectivity index (χ1n) is 12.8. The number of carbonyl (C=O) groups excluding carboxylic acids is 1. The maximum atomic E-state index is 12.1. The molecule has 1 saturated heterocycles. The molecule has 1 aliphatic heterocycles. The molecular formula is C30H32N6O2S. The van der Waals surface area contributed by atoms with Crippen LogP contribution in [0.4, 0.5) is 11.4 Å². The van der Waals surface area contributed by atoms with Gasteiger partial charge in [0.1, 0.15) is 6.61 Å². The van der Waals surface area contributed by atoms with Crippen LogP contribution in [0.25, 0.3) is 0 Å². The minimum Gasteiger partial charge on any atom is -0.375 e. The van der Waals surface area contributed by atoms with Crippen molar-refractivity contribution in [3.05, 3.63) is 107 Å². The van der Waals surface area contributed by atoms with E-state index in [1.54, 1.807) is 6.20 Å². The van der Waals surface area contributed by atoms with Crippen molar-refractivity contribution in [3.8, 4) is 0 Å². The SMILES string of the molecule is COCC(=O)Nc1ccc(N2C(=S)NC(c3ccccn3)C2c2cc(C)n(Cc3cccnc3)c2C)cc1C. The third kappa shape index (κ3) is 5.41. The van der Waals surface area contributed by atoms with Crippen molar-refractivity contribution >= 4 is 34.6 Å². The summed E-state index contributed by atoms with van der Waals surface area (Å²) in [6.07, 6.45) is 5.51. The van der Waals surface area contributed by atoms with Crippen LogP contribution in [0.15, 0.2) is 73.2 Å². The highest BCUT2D eigenvalue weighted by Crippen LogP contribution is 2.44. The molecule has 2 unspecified atom stereocenters. The molecule has 4 heterocycles. The predicted molar refractivity (Wildman–Crippen MR) is 157 cm³/mol. The minimum atomic E-state index is -0.194. The fourth-order valence-corrected chi connectivity index (χ4v) is 5.59. The average Bonchev–Trinajstić information content (AvgIpc) is 3.42. The number of carbonyl (C=O) groups is 1. The molecule has 0 spiro atoms. The van der Waals surface area contributed by atoms with E-state index < -0.39 is 0 Å². The Kier molecular flexibility index (Phi) is 7.72. The number of ether oxygens (including phenoxy) is 1. The lowest BCUT2D eigenvalue weighted by atomic mass is 9.96. The first kappa shape index (κ1) is 26.5. The molecule has 39 heavy (non-hydrogen) atoms. The van der Waals surface area contributed by atoms with Gasteiger partial charge in [0.05, 0.1) is 17.8 Å². The van der Waals surface area contributed by atoms with Gasteiger partial charge >= 0.3 is 0 Å². The number of nitrogens with zero attached hydrogens (tertiary/aromatic N) is 4. The molecule has 5 rings (SSSR count). The zero-order chi connectivity index (χ0) is 27.5. The van der Waals surface area contributed by atoms with E-state index >= 15 is 0 Å². The highest BCUT2D eigenvalue weighted by molar-refractivity contribution is 7.80. The second-order valence-corrected chi connectivity index (χ2v) is 10.1. The molecule has 9 heteroatoms. The zero-order valence-corrected chi connectivity index (χ0v) is 23.3.